The molecule has 3 rings (SSSR count). The molecule has 6 heteroatoms. The molecule has 0 aliphatic rings. The Hall–Kier alpha value is -2.47. The van der Waals surface area contributed by atoms with E-state index in [9.17, 15) is 0 Å². The lowest BCUT2D eigenvalue weighted by Gasteiger charge is -2.13. The molecule has 0 unspecified atom stereocenters. The van der Waals surface area contributed by atoms with Crippen molar-refractivity contribution in [1.29, 1.82) is 0 Å². The second-order valence-corrected chi connectivity index (χ2v) is 6.80. The Bertz CT molecular complexity index is 836. The van der Waals surface area contributed by atoms with Crippen LogP contribution < -0.4 is 10.6 Å². The number of pyridine rings is 1. The minimum Gasteiger partial charge on any atom is -0.366 e. The smallest absolute Gasteiger partial charge is 0.225 e. The molecule has 0 saturated heterocycles. The second-order valence-electron chi connectivity index (χ2n) is 5.95. The summed E-state index contributed by atoms with van der Waals surface area (Å²) in [5.41, 5.74) is 2.96. The highest BCUT2D eigenvalue weighted by atomic mass is 79.9. The van der Waals surface area contributed by atoms with Gasteiger partial charge in [0.25, 0.3) is 0 Å². The number of halogens is 1. The quantitative estimate of drug-likeness (QED) is 0.629. The largest absolute Gasteiger partial charge is 0.366 e. The Morgan fingerprint density at radius 3 is 2.64 bits per heavy atom. The van der Waals surface area contributed by atoms with Crippen LogP contribution in [0.3, 0.4) is 0 Å². The summed E-state index contributed by atoms with van der Waals surface area (Å²) in [6.45, 7) is 4.80. The van der Waals surface area contributed by atoms with Gasteiger partial charge in [0.2, 0.25) is 5.95 Å². The SMILES string of the molecule is CC(C)Nc1nc(NCc2ccccc2Br)cc(-c2cccnc2)n1. The van der Waals surface area contributed by atoms with Gasteiger partial charge in [-0.1, -0.05) is 34.1 Å². The van der Waals surface area contributed by atoms with Gasteiger partial charge in [0.15, 0.2) is 0 Å². The van der Waals surface area contributed by atoms with Gasteiger partial charge in [-0.3, -0.25) is 4.98 Å². The zero-order valence-electron chi connectivity index (χ0n) is 14.2. The van der Waals surface area contributed by atoms with E-state index in [2.05, 4.69) is 61.4 Å². The van der Waals surface area contributed by atoms with Crippen molar-refractivity contribution in [2.45, 2.75) is 26.4 Å². The third kappa shape index (κ3) is 4.76. The number of nitrogens with one attached hydrogen (secondary N) is 2. The fourth-order valence-corrected chi connectivity index (χ4v) is 2.78. The van der Waals surface area contributed by atoms with Gasteiger partial charge in [-0.25, -0.2) is 4.98 Å². The van der Waals surface area contributed by atoms with E-state index in [1.165, 1.54) is 5.56 Å². The lowest BCUT2D eigenvalue weighted by molar-refractivity contribution is 0.874. The van der Waals surface area contributed by atoms with Crippen molar-refractivity contribution in [2.75, 3.05) is 10.6 Å². The van der Waals surface area contributed by atoms with Crippen LogP contribution in [0.5, 0.6) is 0 Å². The Kier molecular flexibility index (Phi) is 5.60. The maximum absolute atomic E-state index is 4.60. The van der Waals surface area contributed by atoms with Crippen molar-refractivity contribution in [3.05, 3.63) is 64.9 Å². The summed E-state index contributed by atoms with van der Waals surface area (Å²) >= 11 is 3.57. The van der Waals surface area contributed by atoms with Gasteiger partial charge < -0.3 is 10.6 Å². The summed E-state index contributed by atoms with van der Waals surface area (Å²) in [5.74, 6) is 1.37. The van der Waals surface area contributed by atoms with E-state index < -0.39 is 0 Å². The molecule has 0 fully saturated rings. The van der Waals surface area contributed by atoms with E-state index >= 15 is 0 Å². The minimum absolute atomic E-state index is 0.250. The molecule has 0 saturated carbocycles. The molecule has 2 aromatic heterocycles. The third-order valence-electron chi connectivity index (χ3n) is 3.52. The van der Waals surface area contributed by atoms with Crippen LogP contribution in [0.4, 0.5) is 11.8 Å². The lowest BCUT2D eigenvalue weighted by atomic mass is 10.2. The topological polar surface area (TPSA) is 62.7 Å². The molecule has 0 atom stereocenters. The van der Waals surface area contributed by atoms with Gasteiger partial charge in [-0.05, 0) is 37.6 Å². The molecular formula is C19H20BrN5. The van der Waals surface area contributed by atoms with E-state index in [0.717, 1.165) is 21.5 Å². The molecule has 2 heterocycles. The number of hydrogen-bond donors (Lipinski definition) is 2. The van der Waals surface area contributed by atoms with E-state index in [4.69, 9.17) is 0 Å². The standard InChI is InChI=1S/C19H20BrN5/c1-13(2)23-19-24-17(15-7-5-9-21-11-15)10-18(25-19)22-12-14-6-3-4-8-16(14)20/h3-11,13H,12H2,1-2H3,(H2,22,23,24,25). The normalized spacial score (nSPS) is 10.7. The van der Waals surface area contributed by atoms with E-state index in [1.54, 1.807) is 12.4 Å². The highest BCUT2D eigenvalue weighted by Crippen LogP contribution is 2.22. The monoisotopic (exact) mass is 397 g/mol. The molecule has 0 aliphatic heterocycles. The fraction of sp³-hybridized carbons (Fsp3) is 0.211. The van der Waals surface area contributed by atoms with Crippen LogP contribution in [0.1, 0.15) is 19.4 Å². The van der Waals surface area contributed by atoms with Gasteiger partial charge in [0.05, 0.1) is 5.69 Å². The molecule has 0 spiro atoms. The number of benzene rings is 1. The summed E-state index contributed by atoms with van der Waals surface area (Å²) in [6, 6.07) is 14.2. The molecule has 0 amide bonds. The molecule has 25 heavy (non-hydrogen) atoms. The molecule has 128 valence electrons. The van der Waals surface area contributed by atoms with Crippen molar-refractivity contribution < 1.29 is 0 Å². The predicted octanol–water partition coefficient (Wildman–Crippen LogP) is 4.73. The molecule has 0 bridgehead atoms. The van der Waals surface area contributed by atoms with E-state index in [1.807, 2.05) is 36.4 Å². The predicted molar refractivity (Wildman–Crippen MR) is 105 cm³/mol. The molecule has 1 aromatic carbocycles. The Balaban J connectivity index is 1.88. The van der Waals surface area contributed by atoms with Crippen molar-refractivity contribution >= 4 is 27.7 Å². The summed E-state index contributed by atoms with van der Waals surface area (Å²) in [7, 11) is 0. The first kappa shape index (κ1) is 17.4. The summed E-state index contributed by atoms with van der Waals surface area (Å²) in [6.07, 6.45) is 3.56. The average Bonchev–Trinajstić information content (AvgIpc) is 2.61. The van der Waals surface area contributed by atoms with E-state index in [-0.39, 0.29) is 6.04 Å². The van der Waals surface area contributed by atoms with Gasteiger partial charge >= 0.3 is 0 Å². The molecule has 2 N–H and O–H groups in total. The van der Waals surface area contributed by atoms with Crippen molar-refractivity contribution in [2.24, 2.45) is 0 Å². The average molecular weight is 398 g/mol. The summed E-state index contributed by atoms with van der Waals surface area (Å²) < 4.78 is 1.07. The van der Waals surface area contributed by atoms with Gasteiger partial charge in [0, 0.05) is 41.1 Å². The first-order valence-electron chi connectivity index (χ1n) is 8.15. The molecule has 0 aliphatic carbocycles. The number of rotatable bonds is 6. The molecule has 0 radical (unpaired) electrons. The van der Waals surface area contributed by atoms with Gasteiger partial charge in [0.1, 0.15) is 5.82 Å². The number of aromatic nitrogens is 3. The van der Waals surface area contributed by atoms with Gasteiger partial charge in [-0.15, -0.1) is 0 Å². The van der Waals surface area contributed by atoms with E-state index in [0.29, 0.717) is 12.5 Å². The maximum Gasteiger partial charge on any atom is 0.225 e. The Morgan fingerprint density at radius 2 is 1.92 bits per heavy atom. The highest BCUT2D eigenvalue weighted by Gasteiger charge is 2.08. The van der Waals surface area contributed by atoms with Crippen LogP contribution in [-0.4, -0.2) is 21.0 Å². The van der Waals surface area contributed by atoms with Crippen LogP contribution in [0, 0.1) is 0 Å². The summed E-state index contributed by atoms with van der Waals surface area (Å²) in [4.78, 5) is 13.4. The fourth-order valence-electron chi connectivity index (χ4n) is 2.35. The summed E-state index contributed by atoms with van der Waals surface area (Å²) in [5, 5.41) is 6.66. The zero-order valence-corrected chi connectivity index (χ0v) is 15.8. The first-order chi connectivity index (χ1) is 12.1. The number of hydrogen-bond acceptors (Lipinski definition) is 5. The zero-order chi connectivity index (χ0) is 17.6. The van der Waals surface area contributed by atoms with Crippen LogP contribution in [0.2, 0.25) is 0 Å². The number of anilines is 2. The molecule has 3 aromatic rings. The van der Waals surface area contributed by atoms with Crippen LogP contribution in [0.25, 0.3) is 11.3 Å². The van der Waals surface area contributed by atoms with Crippen LogP contribution >= 0.6 is 15.9 Å². The van der Waals surface area contributed by atoms with Crippen molar-refractivity contribution in [1.82, 2.24) is 15.0 Å². The Labute approximate surface area is 156 Å². The lowest BCUT2D eigenvalue weighted by Crippen LogP contribution is -2.14. The Morgan fingerprint density at radius 1 is 1.08 bits per heavy atom. The highest BCUT2D eigenvalue weighted by molar-refractivity contribution is 9.10. The van der Waals surface area contributed by atoms with Gasteiger partial charge in [-0.2, -0.15) is 4.98 Å². The second kappa shape index (κ2) is 8.07. The maximum atomic E-state index is 4.60. The number of nitrogens with zero attached hydrogens (tertiary/aromatic N) is 3. The van der Waals surface area contributed by atoms with Crippen LogP contribution in [0.15, 0.2) is 59.3 Å². The third-order valence-corrected chi connectivity index (χ3v) is 4.29. The molecular weight excluding hydrogens is 378 g/mol. The van der Waals surface area contributed by atoms with Crippen molar-refractivity contribution in [3.8, 4) is 11.3 Å². The molecule has 5 nitrogen and oxygen atoms in total. The minimum atomic E-state index is 0.250. The van der Waals surface area contributed by atoms with Crippen LogP contribution in [-0.2, 0) is 6.54 Å². The first-order valence-corrected chi connectivity index (χ1v) is 8.94. The van der Waals surface area contributed by atoms with Crippen molar-refractivity contribution in [3.63, 3.8) is 0 Å².